The summed E-state index contributed by atoms with van der Waals surface area (Å²) in [5.74, 6) is -0.203. The predicted molar refractivity (Wildman–Crippen MR) is 125 cm³/mol. The summed E-state index contributed by atoms with van der Waals surface area (Å²) in [5, 5.41) is 20.0. The topological polar surface area (TPSA) is 49.7 Å². The minimum absolute atomic E-state index is 0.00800. The van der Waals surface area contributed by atoms with Crippen LogP contribution < -0.4 is 0 Å². The number of benzene rings is 2. The van der Waals surface area contributed by atoms with E-state index in [9.17, 15) is 10.2 Å². The molecule has 0 aromatic heterocycles. The van der Waals surface area contributed by atoms with Crippen LogP contribution in [-0.2, 0) is 15.9 Å². The van der Waals surface area contributed by atoms with Crippen molar-refractivity contribution in [3.05, 3.63) is 58.7 Å². The summed E-state index contributed by atoms with van der Waals surface area (Å²) in [6, 6.07) is 11.8. The number of aromatic hydroxyl groups is 2. The second-order valence-electron chi connectivity index (χ2n) is 6.18. The van der Waals surface area contributed by atoms with Crippen molar-refractivity contribution in [1.29, 1.82) is 0 Å². The molecular weight excluding hydrogens is 450 g/mol. The molecule has 0 fully saturated rings. The molecule has 3 nitrogen and oxygen atoms in total. The zero-order valence-corrected chi connectivity index (χ0v) is 19.1. The Kier molecular flexibility index (Phi) is 10.7. The van der Waals surface area contributed by atoms with Gasteiger partial charge in [-0.25, -0.2) is 0 Å². The second kappa shape index (κ2) is 12.2. The molecule has 0 amide bonds. The maximum absolute atomic E-state index is 10.1. The molecule has 0 spiro atoms. The summed E-state index contributed by atoms with van der Waals surface area (Å²) in [6.07, 6.45) is 2.54. The molecule has 0 aliphatic heterocycles. The fraction of sp³-hybridized carbons (Fsp3) is 0.409. The second-order valence-corrected chi connectivity index (χ2v) is 6.69. The van der Waals surface area contributed by atoms with Crippen molar-refractivity contribution >= 4 is 35.4 Å². The Morgan fingerprint density at radius 2 is 1.67 bits per heavy atom. The number of phenols is 2. The van der Waals surface area contributed by atoms with E-state index in [1.54, 1.807) is 12.1 Å². The van der Waals surface area contributed by atoms with Crippen molar-refractivity contribution in [2.45, 2.75) is 59.9 Å². The molecule has 2 N–H and O–H groups in total. The third kappa shape index (κ3) is 6.65. The normalized spacial score (nSPS) is 12.0. The quantitative estimate of drug-likeness (QED) is 0.304. The van der Waals surface area contributed by atoms with Crippen LogP contribution in [0.4, 0.5) is 0 Å². The number of hydrogen-bond acceptors (Lipinski definition) is 3. The molecule has 0 bridgehead atoms. The van der Waals surface area contributed by atoms with E-state index >= 15 is 0 Å². The van der Waals surface area contributed by atoms with Crippen molar-refractivity contribution in [3.8, 4) is 11.5 Å². The van der Waals surface area contributed by atoms with Gasteiger partial charge < -0.3 is 0 Å². The Balaban J connectivity index is 0.00000176. The van der Waals surface area contributed by atoms with Gasteiger partial charge in [-0.1, -0.05) is 13.8 Å². The molecule has 5 heteroatoms. The first-order chi connectivity index (χ1) is 13.0. The summed E-state index contributed by atoms with van der Waals surface area (Å²) in [5.41, 5.74) is 5.35. The summed E-state index contributed by atoms with van der Waals surface area (Å²) in [7, 11) is 0. The van der Waals surface area contributed by atoms with Crippen molar-refractivity contribution < 1.29 is 13.3 Å². The van der Waals surface area contributed by atoms with Crippen LogP contribution in [0.25, 0.3) is 0 Å². The van der Waals surface area contributed by atoms with E-state index in [1.165, 1.54) is 5.56 Å². The molecule has 2 aromatic rings. The number of rotatable bonds is 7. The average Bonchev–Trinajstić information content (AvgIpc) is 2.70. The number of aryl methyl sites for hydroxylation is 1. The first-order valence-corrected chi connectivity index (χ1v) is 10.5. The fourth-order valence-corrected chi connectivity index (χ4v) is 3.07. The van der Waals surface area contributed by atoms with Gasteiger partial charge in [-0.2, -0.15) is 0 Å². The summed E-state index contributed by atoms with van der Waals surface area (Å²) in [4.78, 5) is 0. The summed E-state index contributed by atoms with van der Waals surface area (Å²) in [6.45, 7) is 12.4. The fourth-order valence-electron chi connectivity index (χ4n) is 2.89. The van der Waals surface area contributed by atoms with Crippen molar-refractivity contribution in [1.82, 2.24) is 0 Å². The molecule has 1 unspecified atom stereocenters. The number of hydrogen-bond donors (Lipinski definition) is 2. The van der Waals surface area contributed by atoms with Crippen molar-refractivity contribution in [3.63, 3.8) is 0 Å². The molecule has 146 valence electrons. The van der Waals surface area contributed by atoms with Crippen molar-refractivity contribution in [2.24, 2.45) is 0 Å². The van der Waals surface area contributed by atoms with Gasteiger partial charge in [0.2, 0.25) is 0 Å². The molecule has 0 aliphatic rings. The third-order valence-electron chi connectivity index (χ3n) is 4.23. The minimum atomic E-state index is -0.103. The maximum atomic E-state index is 10.1. The van der Waals surface area contributed by atoms with E-state index in [0.29, 0.717) is 6.42 Å². The average molecular weight is 480 g/mol. The van der Waals surface area contributed by atoms with Gasteiger partial charge in [0, 0.05) is 0 Å². The Labute approximate surface area is 178 Å². The molecule has 27 heavy (non-hydrogen) atoms. The van der Waals surface area contributed by atoms with Crippen LogP contribution in [0.5, 0.6) is 11.5 Å². The first kappa shape index (κ1) is 23.7. The van der Waals surface area contributed by atoms with Gasteiger partial charge in [-0.3, -0.25) is 0 Å². The summed E-state index contributed by atoms with van der Waals surface area (Å²) >= 11 is 1.89. The van der Waals surface area contributed by atoms with Gasteiger partial charge in [-0.05, 0) is 0 Å². The van der Waals surface area contributed by atoms with Crippen LogP contribution in [0.15, 0.2) is 36.4 Å². The van der Waals surface area contributed by atoms with E-state index in [-0.39, 0.29) is 17.6 Å². The van der Waals surface area contributed by atoms with E-state index in [4.69, 9.17) is 3.07 Å². The van der Waals surface area contributed by atoms with E-state index < -0.39 is 0 Å². The van der Waals surface area contributed by atoms with Crippen LogP contribution in [0.3, 0.4) is 0 Å². The van der Waals surface area contributed by atoms with E-state index in [2.05, 4.69) is 45.0 Å². The molecule has 0 saturated carbocycles. The van der Waals surface area contributed by atoms with Crippen molar-refractivity contribution in [2.75, 3.05) is 0 Å². The van der Waals surface area contributed by atoms with Crippen LogP contribution in [0, 0.1) is 0 Å². The van der Waals surface area contributed by atoms with Gasteiger partial charge in [0.1, 0.15) is 0 Å². The van der Waals surface area contributed by atoms with Gasteiger partial charge in [-0.15, -0.1) is 0 Å². The molecule has 0 heterocycles. The van der Waals surface area contributed by atoms with E-state index in [0.717, 1.165) is 34.9 Å². The van der Waals surface area contributed by atoms with Gasteiger partial charge in [0.25, 0.3) is 0 Å². The molecule has 0 aliphatic carbocycles. The first-order valence-electron chi connectivity index (χ1n) is 9.62. The SMILES string of the molecule is CC.CCB=C(c1ccc(CC)cc1)c1cc(O)c(O)cc1CC(C)OI. The monoisotopic (exact) mass is 480 g/mol. The molecular formula is C22H30BIO3. The van der Waals surface area contributed by atoms with Crippen LogP contribution in [0.1, 0.15) is 56.9 Å². The zero-order chi connectivity index (χ0) is 20.4. The molecule has 0 saturated heterocycles. The Morgan fingerprint density at radius 1 is 1.07 bits per heavy atom. The Morgan fingerprint density at radius 3 is 2.19 bits per heavy atom. The number of halogens is 1. The molecule has 1 atom stereocenters. The van der Waals surface area contributed by atoms with Gasteiger partial charge in [0.05, 0.1) is 0 Å². The molecule has 2 rings (SSSR count). The Bertz CT molecular complexity index is 742. The van der Waals surface area contributed by atoms with Crippen LogP contribution in [0.2, 0.25) is 6.32 Å². The van der Waals surface area contributed by atoms with Gasteiger partial charge in [0.15, 0.2) is 0 Å². The standard InChI is InChI=1S/C20H24BIO3.C2H6/c1-4-14-6-8-15(9-7-14)20(21-5-2)17-12-19(24)18(23)11-16(17)10-13(3)25-22;1-2/h6-9,11-13,23-24H,4-5,10H2,1-3H3;1-2H3. The molecule has 2 aromatic carbocycles. The van der Waals surface area contributed by atoms with Gasteiger partial charge >= 0.3 is 165 Å². The third-order valence-corrected chi connectivity index (χ3v) is 5.10. The van der Waals surface area contributed by atoms with Crippen LogP contribution >= 0.6 is 23.0 Å². The zero-order valence-electron chi connectivity index (χ0n) is 16.9. The Hall–Kier alpha value is -1.34. The van der Waals surface area contributed by atoms with Crippen LogP contribution in [-0.4, -0.2) is 28.7 Å². The van der Waals surface area contributed by atoms with E-state index in [1.807, 2.05) is 43.8 Å². The predicted octanol–water partition coefficient (Wildman–Crippen LogP) is 5.70. The number of phenolic OH excluding ortho intramolecular Hbond substituents is 2. The summed E-state index contributed by atoms with van der Waals surface area (Å²) < 4.78 is 5.36. The molecule has 0 radical (unpaired) electrons.